The van der Waals surface area contributed by atoms with Gasteiger partial charge in [-0.25, -0.2) is 0 Å². The van der Waals surface area contributed by atoms with Crippen LogP contribution in [0.3, 0.4) is 0 Å². The Bertz CT molecular complexity index is 2380. The van der Waals surface area contributed by atoms with Gasteiger partial charge in [0.05, 0.1) is 11.0 Å². The van der Waals surface area contributed by atoms with Crippen molar-refractivity contribution in [3.8, 4) is 27.9 Å². The molecule has 7 aromatic rings. The molecule has 0 radical (unpaired) electrons. The number of aromatic nitrogens is 1. The number of benzene rings is 6. The summed E-state index contributed by atoms with van der Waals surface area (Å²) in [5.41, 5.74) is 14.5. The van der Waals surface area contributed by atoms with Crippen molar-refractivity contribution in [2.45, 2.75) is 33.6 Å². The highest BCUT2D eigenvalue weighted by Gasteiger charge is 2.16. The second-order valence-corrected chi connectivity index (χ2v) is 12.4. The van der Waals surface area contributed by atoms with E-state index in [0.29, 0.717) is 0 Å². The fourth-order valence-electron chi connectivity index (χ4n) is 7.12. The Morgan fingerprint density at radius 2 is 1.39 bits per heavy atom. The predicted molar refractivity (Wildman–Crippen MR) is 197 cm³/mol. The van der Waals surface area contributed by atoms with Gasteiger partial charge in [0.25, 0.3) is 0 Å². The maximum Gasteiger partial charge on any atom is 0.0619 e. The molecule has 46 heavy (non-hydrogen) atoms. The topological polar surface area (TPSA) is 17.3 Å². The lowest BCUT2D eigenvalue weighted by Crippen LogP contribution is -2.02. The van der Waals surface area contributed by atoms with Crippen LogP contribution in [0.15, 0.2) is 156 Å². The smallest absolute Gasteiger partial charge is 0.0619 e. The lowest BCUT2D eigenvalue weighted by atomic mass is 9.90. The van der Waals surface area contributed by atoms with Crippen LogP contribution in [-0.4, -0.2) is 10.3 Å². The Morgan fingerprint density at radius 3 is 2.22 bits per heavy atom. The van der Waals surface area contributed by atoms with Crippen LogP contribution < -0.4 is 0 Å². The first-order valence-electron chi connectivity index (χ1n) is 16.2. The van der Waals surface area contributed by atoms with E-state index in [0.717, 1.165) is 24.2 Å². The zero-order valence-electron chi connectivity index (χ0n) is 26.6. The number of aryl methyl sites for hydroxylation is 1. The molecule has 0 amide bonds. The van der Waals surface area contributed by atoms with Crippen molar-refractivity contribution in [2.75, 3.05) is 0 Å². The first kappa shape index (κ1) is 28.0. The first-order chi connectivity index (χ1) is 22.6. The lowest BCUT2D eigenvalue weighted by Gasteiger charge is -2.16. The number of para-hydroxylation sites is 1. The fourth-order valence-corrected chi connectivity index (χ4v) is 7.12. The van der Waals surface area contributed by atoms with Gasteiger partial charge in [0.1, 0.15) is 0 Å². The molecule has 0 saturated carbocycles. The van der Waals surface area contributed by atoms with Crippen molar-refractivity contribution in [3.05, 3.63) is 162 Å². The molecule has 0 spiro atoms. The molecular formula is C44H36N2. The second-order valence-electron chi connectivity index (χ2n) is 12.4. The van der Waals surface area contributed by atoms with Gasteiger partial charge in [0.2, 0.25) is 0 Å². The lowest BCUT2D eigenvalue weighted by molar-refractivity contribution is 0.921. The molecule has 0 unspecified atom stereocenters. The summed E-state index contributed by atoms with van der Waals surface area (Å²) >= 11 is 0. The Balaban J connectivity index is 1.26. The van der Waals surface area contributed by atoms with Crippen molar-refractivity contribution in [2.24, 2.45) is 4.99 Å². The number of fused-ring (bicyclic) bond motifs is 5. The molecule has 0 atom stereocenters. The quantitative estimate of drug-likeness (QED) is 0.177. The molecular weight excluding hydrogens is 556 g/mol. The normalized spacial score (nSPS) is 13.8. The molecule has 1 aliphatic carbocycles. The summed E-state index contributed by atoms with van der Waals surface area (Å²) in [6, 6.07) is 46.5. The van der Waals surface area contributed by atoms with E-state index >= 15 is 0 Å². The monoisotopic (exact) mass is 592 g/mol. The van der Waals surface area contributed by atoms with E-state index in [1.807, 2.05) is 0 Å². The van der Waals surface area contributed by atoms with Crippen LogP contribution in [-0.2, 0) is 0 Å². The highest BCUT2D eigenvalue weighted by Crippen LogP contribution is 2.38. The van der Waals surface area contributed by atoms with Crippen molar-refractivity contribution in [1.29, 1.82) is 0 Å². The fraction of sp³-hybridized carbons (Fsp3) is 0.114. The predicted octanol–water partition coefficient (Wildman–Crippen LogP) is 12.0. The number of hydrogen-bond donors (Lipinski definition) is 0. The van der Waals surface area contributed by atoms with E-state index in [4.69, 9.17) is 4.99 Å². The zero-order valence-corrected chi connectivity index (χ0v) is 26.6. The number of allylic oxidation sites excluding steroid dienone is 4. The molecule has 0 fully saturated rings. The van der Waals surface area contributed by atoms with Crippen LogP contribution in [0.4, 0.5) is 0 Å². The summed E-state index contributed by atoms with van der Waals surface area (Å²) in [4.78, 5) is 5.16. The van der Waals surface area contributed by atoms with Gasteiger partial charge in [0.15, 0.2) is 0 Å². The number of rotatable bonds is 5. The molecule has 222 valence electrons. The molecule has 1 heterocycles. The average molecular weight is 593 g/mol. The summed E-state index contributed by atoms with van der Waals surface area (Å²) in [6.45, 7) is 6.51. The van der Waals surface area contributed by atoms with Gasteiger partial charge in [-0.15, -0.1) is 0 Å². The highest BCUT2D eigenvalue weighted by atomic mass is 15.0. The van der Waals surface area contributed by atoms with Crippen LogP contribution >= 0.6 is 0 Å². The maximum atomic E-state index is 5.16. The van der Waals surface area contributed by atoms with E-state index in [1.54, 1.807) is 0 Å². The largest absolute Gasteiger partial charge is 0.309 e. The number of aliphatic imine (C=N–C) groups is 1. The highest BCUT2D eigenvalue weighted by molar-refractivity contribution is 6.18. The van der Waals surface area contributed by atoms with Gasteiger partial charge in [-0.05, 0) is 96.7 Å². The number of hydrogen-bond acceptors (Lipinski definition) is 1. The Hall–Kier alpha value is -5.47. The Morgan fingerprint density at radius 1 is 0.652 bits per heavy atom. The van der Waals surface area contributed by atoms with Crippen molar-refractivity contribution < 1.29 is 0 Å². The van der Waals surface area contributed by atoms with Crippen LogP contribution in [0.2, 0.25) is 0 Å². The molecule has 8 rings (SSSR count). The van der Waals surface area contributed by atoms with Crippen LogP contribution in [0.5, 0.6) is 0 Å². The molecule has 0 saturated heterocycles. The standard InChI is InChI=1S/C44H36N2/c1-29-12-4-7-15-36(29)41-28-34(23-26-37(41)31(3)45-42-18-10-5-13-30(42)2)32-20-24-35(25-21-32)46-43-19-11-9-17-39(43)40-27-22-33-14-6-8-16-38(33)44(40)46/h4-9,11-17,19-28H,10,18H2,1-3H3. The minimum absolute atomic E-state index is 0.992. The van der Waals surface area contributed by atoms with E-state index in [2.05, 4.69) is 165 Å². The summed E-state index contributed by atoms with van der Waals surface area (Å²) < 4.78 is 2.43. The van der Waals surface area contributed by atoms with Crippen molar-refractivity contribution in [1.82, 2.24) is 4.57 Å². The third-order valence-electron chi connectivity index (χ3n) is 9.54. The molecule has 1 aliphatic rings. The molecule has 0 N–H and O–H groups in total. The molecule has 0 aliphatic heterocycles. The zero-order chi connectivity index (χ0) is 31.2. The third-order valence-corrected chi connectivity index (χ3v) is 9.54. The van der Waals surface area contributed by atoms with Crippen LogP contribution in [0, 0.1) is 6.92 Å². The summed E-state index contributed by atoms with van der Waals surface area (Å²) in [5.74, 6) is 0. The average Bonchev–Trinajstić information content (AvgIpc) is 3.44. The first-order valence-corrected chi connectivity index (χ1v) is 16.2. The Labute approximate surface area is 270 Å². The van der Waals surface area contributed by atoms with Crippen LogP contribution in [0.25, 0.3) is 60.5 Å². The summed E-state index contributed by atoms with van der Waals surface area (Å²) in [5, 5.41) is 5.08. The summed E-state index contributed by atoms with van der Waals surface area (Å²) in [7, 11) is 0. The molecule has 2 heteroatoms. The Kier molecular flexibility index (Phi) is 6.99. The summed E-state index contributed by atoms with van der Waals surface area (Å²) in [6.07, 6.45) is 6.48. The van der Waals surface area contributed by atoms with Gasteiger partial charge >= 0.3 is 0 Å². The van der Waals surface area contributed by atoms with Crippen molar-refractivity contribution >= 4 is 38.3 Å². The van der Waals surface area contributed by atoms with Gasteiger partial charge in [0, 0.05) is 38.8 Å². The molecule has 0 bridgehead atoms. The van der Waals surface area contributed by atoms with E-state index in [1.165, 1.54) is 77.2 Å². The minimum atomic E-state index is 0.992. The van der Waals surface area contributed by atoms with E-state index in [9.17, 15) is 0 Å². The minimum Gasteiger partial charge on any atom is -0.309 e. The maximum absolute atomic E-state index is 5.16. The van der Waals surface area contributed by atoms with Gasteiger partial charge in [-0.1, -0.05) is 115 Å². The number of nitrogens with zero attached hydrogens (tertiary/aromatic N) is 2. The van der Waals surface area contributed by atoms with E-state index < -0.39 is 0 Å². The molecule has 1 aromatic heterocycles. The van der Waals surface area contributed by atoms with Crippen molar-refractivity contribution in [3.63, 3.8) is 0 Å². The van der Waals surface area contributed by atoms with Gasteiger partial charge in [-0.2, -0.15) is 0 Å². The van der Waals surface area contributed by atoms with Gasteiger partial charge < -0.3 is 4.57 Å². The SMILES string of the molecule is CC(=NC1=C(C)C=CCC1)c1ccc(-c2ccc(-n3c4ccccc4c4ccc5ccccc5c43)cc2)cc1-c1ccccc1C. The third kappa shape index (κ3) is 4.78. The van der Waals surface area contributed by atoms with Crippen LogP contribution in [0.1, 0.15) is 37.8 Å². The second kappa shape index (κ2) is 11.5. The molecule has 2 nitrogen and oxygen atoms in total. The van der Waals surface area contributed by atoms with E-state index in [-0.39, 0.29) is 0 Å². The molecule has 6 aromatic carbocycles. The van der Waals surface area contributed by atoms with Gasteiger partial charge in [-0.3, -0.25) is 4.99 Å².